The summed E-state index contributed by atoms with van der Waals surface area (Å²) in [6.45, 7) is 1.52. The van der Waals surface area contributed by atoms with E-state index >= 15 is 0 Å². The van der Waals surface area contributed by atoms with Crippen LogP contribution in [-0.4, -0.2) is 23.1 Å². The van der Waals surface area contributed by atoms with Gasteiger partial charge >= 0.3 is 0 Å². The molecule has 0 radical (unpaired) electrons. The average molecular weight is 442 g/mol. The molecule has 28 heavy (non-hydrogen) atoms. The first-order valence-electron chi connectivity index (χ1n) is 8.32. The predicted molar refractivity (Wildman–Crippen MR) is 111 cm³/mol. The Morgan fingerprint density at radius 1 is 1.11 bits per heavy atom. The highest BCUT2D eigenvalue weighted by Crippen LogP contribution is 2.24. The predicted octanol–water partition coefficient (Wildman–Crippen LogP) is 4.43. The van der Waals surface area contributed by atoms with Gasteiger partial charge in [0, 0.05) is 16.6 Å². The van der Waals surface area contributed by atoms with E-state index in [0.29, 0.717) is 17.0 Å². The molecule has 0 atom stereocenters. The van der Waals surface area contributed by atoms with Gasteiger partial charge in [-0.2, -0.15) is 5.10 Å². The lowest BCUT2D eigenvalue weighted by atomic mass is 10.1. The Morgan fingerprint density at radius 2 is 1.79 bits per heavy atom. The number of hydrogen-bond donors (Lipinski definition) is 1. The number of carbonyl (C=O) groups is 1. The molecule has 0 bridgehead atoms. The molecule has 0 unspecified atom stereocenters. The first kappa shape index (κ1) is 19.5. The maximum atomic E-state index is 12.0. The summed E-state index contributed by atoms with van der Waals surface area (Å²) in [6.07, 6.45) is 0. The number of nitro benzene ring substituents is 1. The lowest BCUT2D eigenvalue weighted by Gasteiger charge is -2.07. The summed E-state index contributed by atoms with van der Waals surface area (Å²) in [5.74, 6) is 0.179. The van der Waals surface area contributed by atoms with Crippen LogP contribution in [0.1, 0.15) is 12.5 Å². The standard InChI is InChI=1S/C20H16BrN3O4/c1-13(14-3-7-18(8-4-14)24(26)27)22-23-20(25)12-28-19-9-5-15-10-17(21)6-2-16(15)11-19/h2-11H,12H2,1H3,(H,23,25)/b22-13+. The molecule has 1 N–H and O–H groups in total. The van der Waals surface area contributed by atoms with Crippen molar-refractivity contribution in [3.8, 4) is 5.75 Å². The highest BCUT2D eigenvalue weighted by atomic mass is 79.9. The minimum Gasteiger partial charge on any atom is -0.484 e. The Hall–Kier alpha value is -3.26. The number of benzene rings is 3. The smallest absolute Gasteiger partial charge is 0.277 e. The lowest BCUT2D eigenvalue weighted by Crippen LogP contribution is -2.25. The van der Waals surface area contributed by atoms with E-state index in [1.807, 2.05) is 30.3 Å². The fraction of sp³-hybridized carbons (Fsp3) is 0.100. The quantitative estimate of drug-likeness (QED) is 0.347. The zero-order chi connectivity index (χ0) is 20.1. The zero-order valence-corrected chi connectivity index (χ0v) is 16.5. The maximum Gasteiger partial charge on any atom is 0.277 e. The van der Waals surface area contributed by atoms with Crippen molar-refractivity contribution in [2.75, 3.05) is 6.61 Å². The van der Waals surface area contributed by atoms with Gasteiger partial charge in [-0.25, -0.2) is 5.43 Å². The van der Waals surface area contributed by atoms with Crippen LogP contribution in [0.25, 0.3) is 10.8 Å². The van der Waals surface area contributed by atoms with Gasteiger partial charge in [-0.15, -0.1) is 0 Å². The summed E-state index contributed by atoms with van der Waals surface area (Å²) in [7, 11) is 0. The first-order valence-corrected chi connectivity index (χ1v) is 9.12. The molecule has 0 aromatic heterocycles. The number of hydrazone groups is 1. The Labute approximate surface area is 169 Å². The number of rotatable bonds is 6. The normalized spacial score (nSPS) is 11.3. The highest BCUT2D eigenvalue weighted by Gasteiger charge is 2.07. The molecule has 0 heterocycles. The number of nitrogens with one attached hydrogen (secondary N) is 1. The van der Waals surface area contributed by atoms with E-state index in [4.69, 9.17) is 4.74 Å². The second-order valence-corrected chi connectivity index (χ2v) is 6.89. The fourth-order valence-corrected chi connectivity index (χ4v) is 2.88. The molecule has 0 fully saturated rings. The second kappa shape index (κ2) is 8.62. The van der Waals surface area contributed by atoms with Crippen LogP contribution in [0.4, 0.5) is 5.69 Å². The topological polar surface area (TPSA) is 93.8 Å². The summed E-state index contributed by atoms with van der Waals surface area (Å²) in [5, 5.41) is 16.8. The molecule has 3 rings (SSSR count). The largest absolute Gasteiger partial charge is 0.484 e. The Kier molecular flexibility index (Phi) is 6.00. The third kappa shape index (κ3) is 4.92. The van der Waals surface area contributed by atoms with Gasteiger partial charge in [0.05, 0.1) is 10.6 Å². The minimum absolute atomic E-state index is 0.00303. The SMILES string of the molecule is C/C(=N\NC(=O)COc1ccc2cc(Br)ccc2c1)c1ccc([N+](=O)[O-])cc1. The van der Waals surface area contributed by atoms with Gasteiger partial charge in [-0.3, -0.25) is 14.9 Å². The molecular weight excluding hydrogens is 426 g/mol. The van der Waals surface area contributed by atoms with Crippen molar-refractivity contribution in [3.63, 3.8) is 0 Å². The third-order valence-electron chi connectivity index (χ3n) is 3.99. The zero-order valence-electron chi connectivity index (χ0n) is 14.9. The van der Waals surface area contributed by atoms with Crippen LogP contribution < -0.4 is 10.2 Å². The number of amides is 1. The number of carbonyl (C=O) groups excluding carboxylic acids is 1. The van der Waals surface area contributed by atoms with Crippen molar-refractivity contribution in [3.05, 3.63) is 80.8 Å². The number of hydrogen-bond acceptors (Lipinski definition) is 5. The number of fused-ring (bicyclic) bond motifs is 1. The number of nitro groups is 1. The van der Waals surface area contributed by atoms with Crippen molar-refractivity contribution in [1.82, 2.24) is 5.43 Å². The molecule has 0 saturated heterocycles. The van der Waals surface area contributed by atoms with Crippen molar-refractivity contribution in [2.45, 2.75) is 6.92 Å². The average Bonchev–Trinajstić information content (AvgIpc) is 2.70. The van der Waals surface area contributed by atoms with Gasteiger partial charge in [0.15, 0.2) is 6.61 Å². The van der Waals surface area contributed by atoms with Gasteiger partial charge in [-0.05, 0) is 59.7 Å². The first-order chi connectivity index (χ1) is 13.4. The molecular formula is C20H16BrN3O4. The van der Waals surface area contributed by atoms with Crippen molar-refractivity contribution in [2.24, 2.45) is 5.10 Å². The van der Waals surface area contributed by atoms with Gasteiger partial charge in [0.25, 0.3) is 11.6 Å². The number of halogens is 1. The van der Waals surface area contributed by atoms with Crippen LogP contribution >= 0.6 is 15.9 Å². The summed E-state index contributed by atoms with van der Waals surface area (Å²) < 4.78 is 6.51. The Bertz CT molecular complexity index is 1060. The Morgan fingerprint density at radius 3 is 2.50 bits per heavy atom. The monoisotopic (exact) mass is 441 g/mol. The summed E-state index contributed by atoms with van der Waals surface area (Å²) in [4.78, 5) is 22.2. The highest BCUT2D eigenvalue weighted by molar-refractivity contribution is 9.10. The van der Waals surface area contributed by atoms with E-state index < -0.39 is 10.8 Å². The van der Waals surface area contributed by atoms with Crippen molar-refractivity contribution >= 4 is 44.0 Å². The van der Waals surface area contributed by atoms with E-state index in [0.717, 1.165) is 15.2 Å². The molecule has 1 amide bonds. The van der Waals surface area contributed by atoms with Crippen molar-refractivity contribution in [1.29, 1.82) is 0 Å². The van der Waals surface area contributed by atoms with Crippen LogP contribution in [0, 0.1) is 10.1 Å². The van der Waals surface area contributed by atoms with E-state index in [1.54, 1.807) is 25.1 Å². The molecule has 0 aliphatic rings. The van der Waals surface area contributed by atoms with Crippen LogP contribution in [0.2, 0.25) is 0 Å². The van der Waals surface area contributed by atoms with Crippen LogP contribution in [-0.2, 0) is 4.79 Å². The molecule has 0 saturated carbocycles. The van der Waals surface area contributed by atoms with Gasteiger partial charge < -0.3 is 4.74 Å². The Balaban J connectivity index is 1.57. The number of ether oxygens (including phenoxy) is 1. The van der Waals surface area contributed by atoms with Gasteiger partial charge in [0.1, 0.15) is 5.75 Å². The van der Waals surface area contributed by atoms with Crippen LogP contribution in [0.15, 0.2) is 70.2 Å². The fourth-order valence-electron chi connectivity index (χ4n) is 2.50. The number of nitrogens with zero attached hydrogens (tertiary/aromatic N) is 2. The maximum absolute atomic E-state index is 12.0. The van der Waals surface area contributed by atoms with E-state index in [2.05, 4.69) is 26.5 Å². The molecule has 7 nitrogen and oxygen atoms in total. The van der Waals surface area contributed by atoms with Crippen LogP contribution in [0.3, 0.4) is 0 Å². The minimum atomic E-state index is -0.471. The van der Waals surface area contributed by atoms with Crippen molar-refractivity contribution < 1.29 is 14.5 Å². The number of non-ortho nitro benzene ring substituents is 1. The molecule has 8 heteroatoms. The molecule has 0 spiro atoms. The van der Waals surface area contributed by atoms with Crippen LogP contribution in [0.5, 0.6) is 5.75 Å². The molecule has 3 aromatic rings. The summed E-state index contributed by atoms with van der Waals surface area (Å²) in [6, 6.07) is 17.4. The van der Waals surface area contributed by atoms with E-state index in [9.17, 15) is 14.9 Å². The molecule has 0 aliphatic heterocycles. The van der Waals surface area contributed by atoms with E-state index in [-0.39, 0.29) is 12.3 Å². The van der Waals surface area contributed by atoms with E-state index in [1.165, 1.54) is 12.1 Å². The van der Waals surface area contributed by atoms with Gasteiger partial charge in [0.2, 0.25) is 0 Å². The van der Waals surface area contributed by atoms with Gasteiger partial charge in [-0.1, -0.05) is 28.1 Å². The molecule has 0 aliphatic carbocycles. The second-order valence-electron chi connectivity index (χ2n) is 5.98. The molecule has 142 valence electrons. The lowest BCUT2D eigenvalue weighted by molar-refractivity contribution is -0.384. The summed E-state index contributed by atoms with van der Waals surface area (Å²) >= 11 is 3.43. The molecule has 3 aromatic carbocycles. The third-order valence-corrected chi connectivity index (χ3v) is 4.48. The summed E-state index contributed by atoms with van der Waals surface area (Å²) in [5.41, 5.74) is 3.62.